The zero-order valence-corrected chi connectivity index (χ0v) is 18.7. The summed E-state index contributed by atoms with van der Waals surface area (Å²) in [4.78, 5) is 25.1. The van der Waals surface area contributed by atoms with Crippen molar-refractivity contribution in [1.82, 2.24) is 9.88 Å². The number of methoxy groups -OCH3 is 1. The van der Waals surface area contributed by atoms with Gasteiger partial charge in [0.15, 0.2) is 0 Å². The maximum absolute atomic E-state index is 12.9. The van der Waals surface area contributed by atoms with Crippen molar-refractivity contribution in [3.05, 3.63) is 65.4 Å². The third-order valence-corrected chi connectivity index (χ3v) is 5.03. The molecular formula is C25H31N3O3. The molecule has 0 aliphatic heterocycles. The van der Waals surface area contributed by atoms with Crippen molar-refractivity contribution in [3.8, 4) is 0 Å². The molecule has 0 unspecified atom stereocenters. The number of amides is 2. The van der Waals surface area contributed by atoms with E-state index in [2.05, 4.69) is 35.8 Å². The van der Waals surface area contributed by atoms with Crippen LogP contribution in [0.5, 0.6) is 0 Å². The largest absolute Gasteiger partial charge is 0.383 e. The van der Waals surface area contributed by atoms with Crippen LogP contribution in [0.4, 0.5) is 5.69 Å². The Morgan fingerprint density at radius 2 is 1.90 bits per heavy atom. The standard InChI is InChI=1S/C25H31N3O3/c1-17(2)12-24(29)27-21-8-9-22-20(14-21)15-23(25(30)26-10-11-31-4)28(22)16-19-7-5-6-18(3)13-19/h5-9,13-15,17H,10-12,16H2,1-4H3,(H,26,30)(H,27,29). The summed E-state index contributed by atoms with van der Waals surface area (Å²) in [5, 5.41) is 6.78. The van der Waals surface area contributed by atoms with Gasteiger partial charge >= 0.3 is 0 Å². The van der Waals surface area contributed by atoms with Gasteiger partial charge in [0.05, 0.1) is 6.61 Å². The van der Waals surface area contributed by atoms with E-state index in [4.69, 9.17) is 4.74 Å². The van der Waals surface area contributed by atoms with E-state index >= 15 is 0 Å². The van der Waals surface area contributed by atoms with Crippen LogP contribution in [-0.4, -0.2) is 36.6 Å². The number of hydrogen-bond donors (Lipinski definition) is 2. The molecule has 1 aromatic heterocycles. The molecule has 0 radical (unpaired) electrons. The monoisotopic (exact) mass is 421 g/mol. The van der Waals surface area contributed by atoms with Crippen LogP contribution >= 0.6 is 0 Å². The predicted molar refractivity (Wildman–Crippen MR) is 125 cm³/mol. The lowest BCUT2D eigenvalue weighted by atomic mass is 10.1. The highest BCUT2D eigenvalue weighted by atomic mass is 16.5. The van der Waals surface area contributed by atoms with Crippen molar-refractivity contribution in [1.29, 1.82) is 0 Å². The normalized spacial score (nSPS) is 11.1. The second kappa shape index (κ2) is 10.3. The van der Waals surface area contributed by atoms with Crippen molar-refractivity contribution < 1.29 is 14.3 Å². The number of carbonyl (C=O) groups is 2. The first-order valence-electron chi connectivity index (χ1n) is 10.6. The van der Waals surface area contributed by atoms with E-state index in [1.165, 1.54) is 5.56 Å². The molecule has 2 aromatic carbocycles. The van der Waals surface area contributed by atoms with E-state index in [9.17, 15) is 9.59 Å². The fourth-order valence-corrected chi connectivity index (χ4v) is 3.64. The van der Waals surface area contributed by atoms with E-state index in [1.54, 1.807) is 7.11 Å². The number of ether oxygens (including phenoxy) is 1. The molecule has 0 saturated carbocycles. The van der Waals surface area contributed by atoms with Gasteiger partial charge in [0.1, 0.15) is 5.69 Å². The van der Waals surface area contributed by atoms with E-state index in [0.29, 0.717) is 37.7 Å². The molecule has 31 heavy (non-hydrogen) atoms. The van der Waals surface area contributed by atoms with E-state index in [-0.39, 0.29) is 11.8 Å². The first-order valence-corrected chi connectivity index (χ1v) is 10.6. The maximum Gasteiger partial charge on any atom is 0.268 e. The molecule has 2 N–H and O–H groups in total. The summed E-state index contributed by atoms with van der Waals surface area (Å²) in [6.07, 6.45) is 0.472. The van der Waals surface area contributed by atoms with E-state index in [0.717, 1.165) is 22.2 Å². The molecule has 0 spiro atoms. The van der Waals surface area contributed by atoms with Crippen LogP contribution in [0.2, 0.25) is 0 Å². The second-order valence-corrected chi connectivity index (χ2v) is 8.27. The van der Waals surface area contributed by atoms with Gasteiger partial charge in [-0.1, -0.05) is 43.7 Å². The molecule has 164 valence electrons. The number of nitrogens with one attached hydrogen (secondary N) is 2. The lowest BCUT2D eigenvalue weighted by molar-refractivity contribution is -0.116. The number of benzene rings is 2. The number of aryl methyl sites for hydroxylation is 1. The molecule has 0 aliphatic carbocycles. The molecule has 0 fully saturated rings. The highest BCUT2D eigenvalue weighted by Crippen LogP contribution is 2.25. The Morgan fingerprint density at radius 3 is 2.61 bits per heavy atom. The SMILES string of the molecule is COCCNC(=O)c1cc2cc(NC(=O)CC(C)C)ccc2n1Cc1cccc(C)c1. The highest BCUT2D eigenvalue weighted by Gasteiger charge is 2.17. The van der Waals surface area contributed by atoms with Crippen molar-refractivity contribution >= 4 is 28.4 Å². The summed E-state index contributed by atoms with van der Waals surface area (Å²) in [6, 6.07) is 15.9. The summed E-state index contributed by atoms with van der Waals surface area (Å²) in [5.74, 6) is 0.138. The molecule has 2 amide bonds. The summed E-state index contributed by atoms with van der Waals surface area (Å²) in [5.41, 5.74) is 4.56. The molecule has 3 aromatic rings. The second-order valence-electron chi connectivity index (χ2n) is 8.27. The number of carbonyl (C=O) groups excluding carboxylic acids is 2. The third-order valence-electron chi connectivity index (χ3n) is 5.03. The topological polar surface area (TPSA) is 72.4 Å². The Bertz CT molecular complexity index is 1070. The lowest BCUT2D eigenvalue weighted by Crippen LogP contribution is -2.29. The maximum atomic E-state index is 12.9. The average molecular weight is 422 g/mol. The van der Waals surface area contributed by atoms with Gasteiger partial charge in [-0.2, -0.15) is 0 Å². The molecule has 6 heteroatoms. The van der Waals surface area contributed by atoms with Gasteiger partial charge in [-0.05, 0) is 42.7 Å². The van der Waals surface area contributed by atoms with Crippen LogP contribution in [0.25, 0.3) is 10.9 Å². The Morgan fingerprint density at radius 1 is 1.10 bits per heavy atom. The fraction of sp³-hybridized carbons (Fsp3) is 0.360. The van der Waals surface area contributed by atoms with E-state index in [1.807, 2.05) is 48.7 Å². The van der Waals surface area contributed by atoms with Crippen molar-refractivity contribution in [3.63, 3.8) is 0 Å². The summed E-state index contributed by atoms with van der Waals surface area (Å²) in [6.45, 7) is 7.57. The van der Waals surface area contributed by atoms with Crippen molar-refractivity contribution in [2.45, 2.75) is 33.7 Å². The molecule has 0 saturated heterocycles. The molecule has 0 bridgehead atoms. The number of rotatable bonds is 9. The minimum Gasteiger partial charge on any atom is -0.383 e. The smallest absolute Gasteiger partial charge is 0.268 e. The lowest BCUT2D eigenvalue weighted by Gasteiger charge is -2.12. The van der Waals surface area contributed by atoms with Crippen molar-refractivity contribution in [2.75, 3.05) is 25.6 Å². The van der Waals surface area contributed by atoms with Gasteiger partial charge in [0.2, 0.25) is 5.91 Å². The summed E-state index contributed by atoms with van der Waals surface area (Å²) in [7, 11) is 1.61. The first kappa shape index (κ1) is 22.6. The van der Waals surface area contributed by atoms with Gasteiger partial charge in [-0.25, -0.2) is 0 Å². The van der Waals surface area contributed by atoms with Gasteiger partial charge in [-0.15, -0.1) is 0 Å². The first-order chi connectivity index (χ1) is 14.9. The van der Waals surface area contributed by atoms with Gasteiger partial charge < -0.3 is 19.9 Å². The quantitative estimate of drug-likeness (QED) is 0.504. The van der Waals surface area contributed by atoms with Crippen LogP contribution in [0.1, 0.15) is 41.9 Å². The van der Waals surface area contributed by atoms with Crippen molar-refractivity contribution in [2.24, 2.45) is 5.92 Å². The highest BCUT2D eigenvalue weighted by molar-refractivity contribution is 6.00. The van der Waals surface area contributed by atoms with Crippen LogP contribution in [0.15, 0.2) is 48.5 Å². The zero-order chi connectivity index (χ0) is 22.4. The van der Waals surface area contributed by atoms with Crippen LogP contribution < -0.4 is 10.6 Å². The number of aromatic nitrogens is 1. The number of hydrogen-bond acceptors (Lipinski definition) is 3. The number of fused-ring (bicyclic) bond motifs is 1. The number of anilines is 1. The van der Waals surface area contributed by atoms with Gasteiger partial charge in [-0.3, -0.25) is 9.59 Å². The van der Waals surface area contributed by atoms with Crippen LogP contribution in [0, 0.1) is 12.8 Å². The fourth-order valence-electron chi connectivity index (χ4n) is 3.64. The molecule has 1 heterocycles. The molecule has 0 atom stereocenters. The van der Waals surface area contributed by atoms with E-state index < -0.39 is 0 Å². The minimum atomic E-state index is -0.147. The van der Waals surface area contributed by atoms with Gasteiger partial charge in [0, 0.05) is 43.2 Å². The van der Waals surface area contributed by atoms with Gasteiger partial charge in [0.25, 0.3) is 5.91 Å². The molecule has 6 nitrogen and oxygen atoms in total. The average Bonchev–Trinajstić information content (AvgIpc) is 3.05. The Hall–Kier alpha value is -3.12. The van der Waals surface area contributed by atoms with Crippen LogP contribution in [-0.2, 0) is 16.1 Å². The molecule has 0 aliphatic rings. The summed E-state index contributed by atoms with van der Waals surface area (Å²) >= 11 is 0. The molecular weight excluding hydrogens is 390 g/mol. The Kier molecular flexibility index (Phi) is 7.47. The zero-order valence-electron chi connectivity index (χ0n) is 18.7. The number of nitrogens with zero attached hydrogens (tertiary/aromatic N) is 1. The Labute approximate surface area is 183 Å². The Balaban J connectivity index is 1.95. The third kappa shape index (κ3) is 5.95. The van der Waals surface area contributed by atoms with Crippen LogP contribution in [0.3, 0.4) is 0 Å². The summed E-state index contributed by atoms with van der Waals surface area (Å²) < 4.78 is 7.06. The molecule has 3 rings (SSSR count). The predicted octanol–water partition coefficient (Wildman–Crippen LogP) is 4.36. The minimum absolute atomic E-state index is 0.00826.